The van der Waals surface area contributed by atoms with Crippen molar-refractivity contribution in [1.82, 2.24) is 15.1 Å². The molecule has 0 saturated carbocycles. The molecule has 0 aromatic rings. The Labute approximate surface area is 102 Å². The van der Waals surface area contributed by atoms with Crippen molar-refractivity contribution in [2.45, 2.75) is 33.7 Å². The SMILES string of the molecule is CC(C)NCC(C)(C)CN(C)CCN(C)C. The average molecular weight is 229 g/mol. The summed E-state index contributed by atoms with van der Waals surface area (Å²) in [5.74, 6) is 0. The van der Waals surface area contributed by atoms with Crippen molar-refractivity contribution in [2.24, 2.45) is 5.41 Å². The highest BCUT2D eigenvalue weighted by Gasteiger charge is 2.19. The minimum Gasteiger partial charge on any atom is -0.314 e. The molecule has 0 saturated heterocycles. The molecule has 3 heteroatoms. The van der Waals surface area contributed by atoms with Crippen LogP contribution in [0.5, 0.6) is 0 Å². The number of hydrogen-bond acceptors (Lipinski definition) is 3. The van der Waals surface area contributed by atoms with Crippen LogP contribution < -0.4 is 5.32 Å². The van der Waals surface area contributed by atoms with Crippen molar-refractivity contribution in [2.75, 3.05) is 47.3 Å². The van der Waals surface area contributed by atoms with Crippen molar-refractivity contribution in [3.05, 3.63) is 0 Å². The monoisotopic (exact) mass is 229 g/mol. The quantitative estimate of drug-likeness (QED) is 0.680. The summed E-state index contributed by atoms with van der Waals surface area (Å²) >= 11 is 0. The highest BCUT2D eigenvalue weighted by atomic mass is 15.2. The van der Waals surface area contributed by atoms with Crippen LogP contribution in [0, 0.1) is 5.41 Å². The maximum Gasteiger partial charge on any atom is 0.0106 e. The fraction of sp³-hybridized carbons (Fsp3) is 1.00. The van der Waals surface area contributed by atoms with Gasteiger partial charge in [0, 0.05) is 32.2 Å². The zero-order chi connectivity index (χ0) is 12.8. The fourth-order valence-electron chi connectivity index (χ4n) is 1.72. The zero-order valence-corrected chi connectivity index (χ0v) is 12.3. The highest BCUT2D eigenvalue weighted by Crippen LogP contribution is 2.15. The lowest BCUT2D eigenvalue weighted by Gasteiger charge is -2.32. The minimum atomic E-state index is 0.339. The molecule has 0 atom stereocenters. The first-order valence-corrected chi connectivity index (χ1v) is 6.29. The molecule has 3 nitrogen and oxygen atoms in total. The van der Waals surface area contributed by atoms with Crippen molar-refractivity contribution in [3.8, 4) is 0 Å². The number of likely N-dealkylation sites (N-methyl/N-ethyl adjacent to an activating group) is 2. The van der Waals surface area contributed by atoms with Crippen LogP contribution in [-0.2, 0) is 0 Å². The number of hydrogen-bond donors (Lipinski definition) is 1. The Morgan fingerprint density at radius 2 is 1.62 bits per heavy atom. The van der Waals surface area contributed by atoms with Gasteiger partial charge in [0.1, 0.15) is 0 Å². The van der Waals surface area contributed by atoms with Crippen LogP contribution >= 0.6 is 0 Å². The molecule has 0 spiro atoms. The zero-order valence-electron chi connectivity index (χ0n) is 12.3. The fourth-order valence-corrected chi connectivity index (χ4v) is 1.72. The van der Waals surface area contributed by atoms with Crippen LogP contribution in [0.25, 0.3) is 0 Å². The van der Waals surface area contributed by atoms with Crippen LogP contribution in [0.2, 0.25) is 0 Å². The smallest absolute Gasteiger partial charge is 0.0106 e. The standard InChI is InChI=1S/C13H31N3/c1-12(2)14-10-13(3,4)11-16(7)9-8-15(5)6/h12,14H,8-11H2,1-7H3. The summed E-state index contributed by atoms with van der Waals surface area (Å²) in [5, 5.41) is 3.52. The molecule has 98 valence electrons. The molecule has 0 bridgehead atoms. The third-order valence-corrected chi connectivity index (χ3v) is 2.62. The Balaban J connectivity index is 3.85. The van der Waals surface area contributed by atoms with Gasteiger partial charge in [-0.3, -0.25) is 0 Å². The third-order valence-electron chi connectivity index (χ3n) is 2.62. The summed E-state index contributed by atoms with van der Waals surface area (Å²) in [4.78, 5) is 4.65. The molecule has 0 unspecified atom stereocenters. The summed E-state index contributed by atoms with van der Waals surface area (Å²) in [6.45, 7) is 13.5. The third kappa shape index (κ3) is 9.13. The minimum absolute atomic E-state index is 0.339. The van der Waals surface area contributed by atoms with Crippen molar-refractivity contribution in [1.29, 1.82) is 0 Å². The molecule has 0 aromatic carbocycles. The number of nitrogens with zero attached hydrogens (tertiary/aromatic N) is 2. The normalized spacial score (nSPS) is 13.1. The second-order valence-electron chi connectivity index (χ2n) is 6.24. The van der Waals surface area contributed by atoms with Gasteiger partial charge in [-0.1, -0.05) is 27.7 Å². The van der Waals surface area contributed by atoms with Gasteiger partial charge in [-0.05, 0) is 26.6 Å². The molecule has 0 aliphatic heterocycles. The van der Waals surface area contributed by atoms with Crippen molar-refractivity contribution in [3.63, 3.8) is 0 Å². The summed E-state index contributed by atoms with van der Waals surface area (Å²) in [6.07, 6.45) is 0. The van der Waals surface area contributed by atoms with Crippen LogP contribution in [0.15, 0.2) is 0 Å². The molecule has 0 aromatic heterocycles. The van der Waals surface area contributed by atoms with Gasteiger partial charge in [-0.2, -0.15) is 0 Å². The van der Waals surface area contributed by atoms with Gasteiger partial charge < -0.3 is 15.1 Å². The van der Waals surface area contributed by atoms with Gasteiger partial charge in [-0.15, -0.1) is 0 Å². The molecule has 0 aliphatic carbocycles. The maximum atomic E-state index is 3.52. The van der Waals surface area contributed by atoms with Gasteiger partial charge in [0.25, 0.3) is 0 Å². The Kier molecular flexibility index (Phi) is 7.20. The van der Waals surface area contributed by atoms with E-state index in [1.54, 1.807) is 0 Å². The Morgan fingerprint density at radius 3 is 2.06 bits per heavy atom. The van der Waals surface area contributed by atoms with Gasteiger partial charge in [0.15, 0.2) is 0 Å². The molecule has 0 fully saturated rings. The lowest BCUT2D eigenvalue weighted by Crippen LogP contribution is -2.42. The summed E-state index contributed by atoms with van der Waals surface area (Å²) in [7, 11) is 6.46. The van der Waals surface area contributed by atoms with Gasteiger partial charge in [0.05, 0.1) is 0 Å². The highest BCUT2D eigenvalue weighted by molar-refractivity contribution is 4.76. The number of nitrogens with one attached hydrogen (secondary N) is 1. The summed E-state index contributed by atoms with van der Waals surface area (Å²) in [5.41, 5.74) is 0.339. The van der Waals surface area contributed by atoms with E-state index < -0.39 is 0 Å². The van der Waals surface area contributed by atoms with Crippen LogP contribution in [0.4, 0.5) is 0 Å². The first-order valence-electron chi connectivity index (χ1n) is 6.29. The molecular weight excluding hydrogens is 198 g/mol. The summed E-state index contributed by atoms with van der Waals surface area (Å²) in [6, 6.07) is 0.575. The van der Waals surface area contributed by atoms with Crippen molar-refractivity contribution >= 4 is 0 Å². The second kappa shape index (κ2) is 7.25. The first kappa shape index (κ1) is 15.9. The Bertz CT molecular complexity index is 176. The predicted octanol–water partition coefficient (Wildman–Crippen LogP) is 1.50. The molecular formula is C13H31N3. The van der Waals surface area contributed by atoms with Crippen LogP contribution in [0.1, 0.15) is 27.7 Å². The van der Waals surface area contributed by atoms with Gasteiger partial charge in [-0.25, -0.2) is 0 Å². The largest absolute Gasteiger partial charge is 0.314 e. The van der Waals surface area contributed by atoms with E-state index in [0.717, 1.165) is 26.2 Å². The van der Waals surface area contributed by atoms with E-state index in [1.807, 2.05) is 0 Å². The molecule has 0 amide bonds. The van der Waals surface area contributed by atoms with Crippen molar-refractivity contribution < 1.29 is 0 Å². The molecule has 1 N–H and O–H groups in total. The van der Waals surface area contributed by atoms with E-state index in [1.165, 1.54) is 0 Å². The van der Waals surface area contributed by atoms with Gasteiger partial charge in [0.2, 0.25) is 0 Å². The predicted molar refractivity (Wildman–Crippen MR) is 73.0 cm³/mol. The van der Waals surface area contributed by atoms with E-state index in [-0.39, 0.29) is 0 Å². The first-order chi connectivity index (χ1) is 7.23. The van der Waals surface area contributed by atoms with Crippen LogP contribution in [-0.4, -0.2) is 63.2 Å². The van der Waals surface area contributed by atoms with E-state index >= 15 is 0 Å². The Morgan fingerprint density at radius 1 is 1.06 bits per heavy atom. The Hall–Kier alpha value is -0.120. The van der Waals surface area contributed by atoms with E-state index in [0.29, 0.717) is 11.5 Å². The topological polar surface area (TPSA) is 18.5 Å². The molecule has 0 aliphatic rings. The molecule has 0 rings (SSSR count). The molecule has 16 heavy (non-hydrogen) atoms. The second-order valence-corrected chi connectivity index (χ2v) is 6.24. The lowest BCUT2D eigenvalue weighted by molar-refractivity contribution is 0.188. The number of rotatable bonds is 8. The maximum absolute atomic E-state index is 3.52. The molecule has 0 heterocycles. The summed E-state index contributed by atoms with van der Waals surface area (Å²) < 4.78 is 0. The average Bonchev–Trinajstić information content (AvgIpc) is 2.11. The molecule has 0 radical (unpaired) electrons. The van der Waals surface area contributed by atoms with E-state index in [4.69, 9.17) is 0 Å². The van der Waals surface area contributed by atoms with Crippen LogP contribution in [0.3, 0.4) is 0 Å². The lowest BCUT2D eigenvalue weighted by atomic mass is 9.92. The van der Waals surface area contributed by atoms with E-state index in [9.17, 15) is 0 Å². The van der Waals surface area contributed by atoms with E-state index in [2.05, 4.69) is 64.0 Å². The van der Waals surface area contributed by atoms with Gasteiger partial charge >= 0.3 is 0 Å².